The average Bonchev–Trinajstić information content (AvgIpc) is 3.03. The summed E-state index contributed by atoms with van der Waals surface area (Å²) in [6.45, 7) is 0.462. The Morgan fingerprint density at radius 2 is 2.07 bits per heavy atom. The van der Waals surface area contributed by atoms with E-state index < -0.39 is 12.7 Å². The van der Waals surface area contributed by atoms with Crippen LogP contribution in [0.3, 0.4) is 0 Å². The van der Waals surface area contributed by atoms with Crippen molar-refractivity contribution in [2.24, 2.45) is 4.99 Å². The molecule has 1 unspecified atom stereocenters. The summed E-state index contributed by atoms with van der Waals surface area (Å²) in [5.74, 6) is 0.580. The Kier molecular flexibility index (Phi) is 7.66. The molecular formula is C18H23F3IN5. The molecule has 2 N–H and O–H groups in total. The molecule has 1 atom stereocenters. The molecular weight excluding hydrogens is 470 g/mol. The number of rotatable bonds is 4. The van der Waals surface area contributed by atoms with Gasteiger partial charge in [-0.25, -0.2) is 0 Å². The summed E-state index contributed by atoms with van der Waals surface area (Å²) < 4.78 is 37.5. The molecule has 0 bridgehead atoms. The third-order valence-corrected chi connectivity index (χ3v) is 4.40. The Bertz CT molecular complexity index is 776. The summed E-state index contributed by atoms with van der Waals surface area (Å²) in [6.07, 6.45) is -1.74. The van der Waals surface area contributed by atoms with Crippen molar-refractivity contribution in [2.45, 2.75) is 25.2 Å². The minimum Gasteiger partial charge on any atom is -0.352 e. The number of guanidine groups is 1. The van der Waals surface area contributed by atoms with E-state index in [4.69, 9.17) is 0 Å². The van der Waals surface area contributed by atoms with Crippen molar-refractivity contribution >= 4 is 40.8 Å². The van der Waals surface area contributed by atoms with E-state index in [2.05, 4.69) is 20.6 Å². The maximum atomic E-state index is 12.5. The molecule has 1 aromatic heterocycles. The van der Waals surface area contributed by atoms with Crippen molar-refractivity contribution in [3.05, 3.63) is 42.1 Å². The van der Waals surface area contributed by atoms with Gasteiger partial charge in [0, 0.05) is 44.3 Å². The number of pyridine rings is 1. The van der Waals surface area contributed by atoms with Crippen molar-refractivity contribution in [1.82, 2.24) is 20.5 Å². The van der Waals surface area contributed by atoms with Crippen LogP contribution in [-0.2, 0) is 6.54 Å². The van der Waals surface area contributed by atoms with Crippen LogP contribution in [-0.4, -0.2) is 54.7 Å². The maximum Gasteiger partial charge on any atom is 0.401 e. The molecule has 1 aromatic carbocycles. The first-order valence-corrected chi connectivity index (χ1v) is 8.53. The Hall–Kier alpha value is -1.62. The Morgan fingerprint density at radius 3 is 2.81 bits per heavy atom. The lowest BCUT2D eigenvalue weighted by Crippen LogP contribution is -2.44. The van der Waals surface area contributed by atoms with Gasteiger partial charge >= 0.3 is 6.18 Å². The van der Waals surface area contributed by atoms with E-state index in [1.165, 1.54) is 4.90 Å². The SMILES string of the molecule is CN=C(NCc1cccc2cccnc12)NC1CCN(CC(F)(F)F)C1.I. The van der Waals surface area contributed by atoms with E-state index in [9.17, 15) is 13.2 Å². The summed E-state index contributed by atoms with van der Waals surface area (Å²) in [7, 11) is 1.65. The molecule has 0 radical (unpaired) electrons. The lowest BCUT2D eigenvalue weighted by Gasteiger charge is -2.20. The van der Waals surface area contributed by atoms with Gasteiger partial charge in [-0.3, -0.25) is 14.9 Å². The molecule has 27 heavy (non-hydrogen) atoms. The third kappa shape index (κ3) is 6.20. The third-order valence-electron chi connectivity index (χ3n) is 4.40. The highest BCUT2D eigenvalue weighted by Crippen LogP contribution is 2.20. The maximum absolute atomic E-state index is 12.5. The molecule has 1 fully saturated rings. The zero-order chi connectivity index (χ0) is 18.6. The van der Waals surface area contributed by atoms with Crippen molar-refractivity contribution in [2.75, 3.05) is 26.7 Å². The number of nitrogens with zero attached hydrogens (tertiary/aromatic N) is 3. The molecule has 2 heterocycles. The predicted molar refractivity (Wildman–Crippen MR) is 111 cm³/mol. The van der Waals surface area contributed by atoms with Gasteiger partial charge in [0.2, 0.25) is 0 Å². The van der Waals surface area contributed by atoms with Gasteiger partial charge in [-0.2, -0.15) is 13.2 Å². The van der Waals surface area contributed by atoms with Gasteiger partial charge in [0.05, 0.1) is 12.1 Å². The lowest BCUT2D eigenvalue weighted by atomic mass is 10.1. The van der Waals surface area contributed by atoms with Crippen LogP contribution in [0.1, 0.15) is 12.0 Å². The highest BCUT2D eigenvalue weighted by atomic mass is 127. The summed E-state index contributed by atoms with van der Waals surface area (Å²) in [5, 5.41) is 7.50. The number of likely N-dealkylation sites (tertiary alicyclic amines) is 1. The van der Waals surface area contributed by atoms with E-state index in [1.54, 1.807) is 13.2 Å². The predicted octanol–water partition coefficient (Wildman–Crippen LogP) is 3.15. The second-order valence-corrected chi connectivity index (χ2v) is 6.40. The number of fused-ring (bicyclic) bond motifs is 1. The Morgan fingerprint density at radius 1 is 1.30 bits per heavy atom. The number of aliphatic imine (C=N–C) groups is 1. The fourth-order valence-corrected chi connectivity index (χ4v) is 3.22. The molecule has 1 aliphatic heterocycles. The number of alkyl halides is 3. The number of nitrogens with one attached hydrogen (secondary N) is 2. The lowest BCUT2D eigenvalue weighted by molar-refractivity contribution is -0.143. The highest BCUT2D eigenvalue weighted by Gasteiger charge is 2.34. The van der Waals surface area contributed by atoms with E-state index in [1.807, 2.05) is 30.3 Å². The molecule has 0 amide bonds. The van der Waals surface area contributed by atoms with Crippen molar-refractivity contribution < 1.29 is 13.2 Å². The van der Waals surface area contributed by atoms with E-state index in [0.717, 1.165) is 16.5 Å². The van der Waals surface area contributed by atoms with E-state index >= 15 is 0 Å². The largest absolute Gasteiger partial charge is 0.401 e. The smallest absolute Gasteiger partial charge is 0.352 e. The number of aromatic nitrogens is 1. The summed E-state index contributed by atoms with van der Waals surface area (Å²) >= 11 is 0. The monoisotopic (exact) mass is 493 g/mol. The first-order chi connectivity index (χ1) is 12.4. The fourth-order valence-electron chi connectivity index (χ4n) is 3.22. The first-order valence-electron chi connectivity index (χ1n) is 8.53. The van der Waals surface area contributed by atoms with Gasteiger partial charge in [-0.1, -0.05) is 24.3 Å². The van der Waals surface area contributed by atoms with E-state index in [-0.39, 0.29) is 30.0 Å². The molecule has 3 rings (SSSR count). The number of halogens is 4. The first kappa shape index (κ1) is 21.7. The molecule has 0 saturated carbocycles. The molecule has 0 spiro atoms. The minimum absolute atomic E-state index is 0. The molecule has 148 valence electrons. The standard InChI is InChI=1S/C18H22F3N5.HI/c1-22-17(25-15-7-9-26(11-15)12-18(19,20)21)24-10-14-5-2-4-13-6-3-8-23-16(13)14;/h2-6,8,15H,7,9-12H2,1H3,(H2,22,24,25);1H. The second-order valence-electron chi connectivity index (χ2n) is 6.40. The molecule has 1 saturated heterocycles. The molecule has 1 aliphatic rings. The van der Waals surface area contributed by atoms with Crippen molar-refractivity contribution in [3.8, 4) is 0 Å². The topological polar surface area (TPSA) is 52.6 Å². The number of benzene rings is 1. The van der Waals surface area contributed by atoms with Crippen molar-refractivity contribution in [1.29, 1.82) is 0 Å². The van der Waals surface area contributed by atoms with Crippen LogP contribution >= 0.6 is 24.0 Å². The minimum atomic E-state index is -4.16. The molecule has 0 aliphatic carbocycles. The summed E-state index contributed by atoms with van der Waals surface area (Å²) in [4.78, 5) is 10.0. The van der Waals surface area contributed by atoms with Gasteiger partial charge in [0.1, 0.15) is 0 Å². The zero-order valence-corrected chi connectivity index (χ0v) is 17.3. The summed E-state index contributed by atoms with van der Waals surface area (Å²) in [5.41, 5.74) is 1.96. The van der Waals surface area contributed by atoms with E-state index in [0.29, 0.717) is 32.0 Å². The van der Waals surface area contributed by atoms with Gasteiger partial charge in [-0.05, 0) is 18.1 Å². The van der Waals surface area contributed by atoms with Crippen LogP contribution in [0, 0.1) is 0 Å². The van der Waals surface area contributed by atoms with Gasteiger partial charge < -0.3 is 10.6 Å². The van der Waals surface area contributed by atoms with Crippen LogP contribution in [0.25, 0.3) is 10.9 Å². The second kappa shape index (κ2) is 9.54. The summed E-state index contributed by atoms with van der Waals surface area (Å²) in [6, 6.07) is 9.83. The van der Waals surface area contributed by atoms with Crippen molar-refractivity contribution in [3.63, 3.8) is 0 Å². The van der Waals surface area contributed by atoms with Gasteiger partial charge in [-0.15, -0.1) is 24.0 Å². The molecule has 2 aromatic rings. The average molecular weight is 493 g/mol. The van der Waals surface area contributed by atoms with Crippen LogP contribution in [0.4, 0.5) is 13.2 Å². The van der Waals surface area contributed by atoms with Crippen LogP contribution < -0.4 is 10.6 Å². The highest BCUT2D eigenvalue weighted by molar-refractivity contribution is 14.0. The van der Waals surface area contributed by atoms with Crippen LogP contribution in [0.2, 0.25) is 0 Å². The molecule has 5 nitrogen and oxygen atoms in total. The van der Waals surface area contributed by atoms with Gasteiger partial charge in [0.15, 0.2) is 5.96 Å². The fraction of sp³-hybridized carbons (Fsp3) is 0.444. The Balaban J connectivity index is 0.00000261. The number of para-hydroxylation sites is 1. The number of hydrogen-bond donors (Lipinski definition) is 2. The van der Waals surface area contributed by atoms with Crippen LogP contribution in [0.15, 0.2) is 41.5 Å². The Labute approximate surface area is 173 Å². The van der Waals surface area contributed by atoms with Gasteiger partial charge in [0.25, 0.3) is 0 Å². The normalized spacial score (nSPS) is 18.4. The molecule has 9 heteroatoms. The van der Waals surface area contributed by atoms with Crippen LogP contribution in [0.5, 0.6) is 0 Å². The zero-order valence-electron chi connectivity index (χ0n) is 15.0. The number of hydrogen-bond acceptors (Lipinski definition) is 3. The quantitative estimate of drug-likeness (QED) is 0.391.